The van der Waals surface area contributed by atoms with Crippen molar-refractivity contribution in [2.75, 3.05) is 25.5 Å². The van der Waals surface area contributed by atoms with Crippen LogP contribution in [0.5, 0.6) is 0 Å². The molecule has 182 valence electrons. The zero-order valence-electron chi connectivity index (χ0n) is 19.3. The average molecular weight is 479 g/mol. The van der Waals surface area contributed by atoms with Gasteiger partial charge in [-0.2, -0.15) is 5.23 Å². The highest BCUT2D eigenvalue weighted by Gasteiger charge is 2.66. The van der Waals surface area contributed by atoms with E-state index in [0.29, 0.717) is 25.1 Å². The number of barbiturate groups is 1. The van der Waals surface area contributed by atoms with Crippen LogP contribution in [0.4, 0.5) is 16.2 Å². The van der Waals surface area contributed by atoms with E-state index >= 15 is 0 Å². The van der Waals surface area contributed by atoms with E-state index in [1.54, 1.807) is 16.7 Å². The molecule has 4 aliphatic rings. The van der Waals surface area contributed by atoms with Crippen molar-refractivity contribution in [1.29, 1.82) is 0 Å². The lowest BCUT2D eigenvalue weighted by molar-refractivity contribution is -0.991. The third-order valence-electron chi connectivity index (χ3n) is 8.22. The second-order valence-electron chi connectivity index (χ2n) is 10.0. The van der Waals surface area contributed by atoms with Gasteiger partial charge in [-0.1, -0.05) is 6.07 Å². The first-order valence-electron chi connectivity index (χ1n) is 11.6. The maximum absolute atomic E-state index is 13.9. The normalized spacial score (nSPS) is 27.5. The van der Waals surface area contributed by atoms with Gasteiger partial charge in [0.2, 0.25) is 11.8 Å². The number of quaternary nitrogens is 1. The summed E-state index contributed by atoms with van der Waals surface area (Å²) in [5, 5.41) is 20.2. The minimum atomic E-state index is -1.63. The molecule has 4 aliphatic heterocycles. The molecule has 1 spiro atoms. The topological polar surface area (TPSA) is 131 Å². The fraction of sp³-hybridized carbons (Fsp3) is 0.417. The summed E-state index contributed by atoms with van der Waals surface area (Å²) in [6.45, 7) is 1.04. The van der Waals surface area contributed by atoms with E-state index in [-0.39, 0.29) is 29.5 Å². The highest BCUT2D eigenvalue weighted by molar-refractivity contribution is 6.20. The number of nitrogens with one attached hydrogen (secondary N) is 1. The Morgan fingerprint density at radius 3 is 2.43 bits per heavy atom. The summed E-state index contributed by atoms with van der Waals surface area (Å²) in [4.78, 5) is 57.2. The second kappa shape index (κ2) is 7.23. The summed E-state index contributed by atoms with van der Waals surface area (Å²) < 4.78 is 1.74. The fourth-order valence-electron chi connectivity index (χ4n) is 6.80. The van der Waals surface area contributed by atoms with E-state index in [1.165, 1.54) is 32.3 Å². The SMILES string of the molecule is CN1C(=O)N(C)C(=O)C2(Cc3cc([NH+]([O-])O)ccc3N3C[C@@H]4C[C@@H](c5cccc(=O)n5C4)[C@H]32)C1=O. The Morgan fingerprint density at radius 1 is 1.03 bits per heavy atom. The smallest absolute Gasteiger partial charge is 0.332 e. The Balaban J connectivity index is 1.62. The molecule has 4 amide bonds. The number of benzene rings is 1. The van der Waals surface area contributed by atoms with Crippen LogP contribution in [0.3, 0.4) is 0 Å². The van der Waals surface area contributed by atoms with Crippen LogP contribution in [0.25, 0.3) is 0 Å². The number of pyridine rings is 1. The standard InChI is InChI=1S/C24H25N5O6/c1-25-21(31)24(22(32)26(2)23(25)33)10-14-9-15(29(34)35)6-7-17(14)28-12-13-8-16(20(24)28)18-4-3-5-19(30)27(18)11-13/h3-7,9,13,16,20,29,34H,8,10-12H2,1-2H3/t13-,16+,20+/m1/s1. The maximum atomic E-state index is 13.9. The van der Waals surface area contributed by atoms with Crippen LogP contribution < -0.4 is 15.7 Å². The summed E-state index contributed by atoms with van der Waals surface area (Å²) in [6, 6.07) is 8.55. The highest BCUT2D eigenvalue weighted by atomic mass is 16.8. The molecule has 2 N–H and O–H groups in total. The Hall–Kier alpha value is -3.54. The van der Waals surface area contributed by atoms with Crippen LogP contribution in [0.2, 0.25) is 0 Å². The van der Waals surface area contributed by atoms with E-state index in [0.717, 1.165) is 21.2 Å². The number of piperidine rings is 1. The number of aromatic nitrogens is 1. The average Bonchev–Trinajstić information content (AvgIpc) is 2.85. The van der Waals surface area contributed by atoms with Crippen molar-refractivity contribution in [2.24, 2.45) is 11.3 Å². The third-order valence-corrected chi connectivity index (χ3v) is 8.22. The summed E-state index contributed by atoms with van der Waals surface area (Å²) in [7, 11) is 2.74. The second-order valence-corrected chi connectivity index (χ2v) is 10.0. The van der Waals surface area contributed by atoms with Crippen LogP contribution in [0.15, 0.2) is 41.2 Å². The van der Waals surface area contributed by atoms with Crippen LogP contribution >= 0.6 is 0 Å². The van der Waals surface area contributed by atoms with Crippen molar-refractivity contribution in [3.8, 4) is 0 Å². The van der Waals surface area contributed by atoms with Gasteiger partial charge in [0.25, 0.3) is 5.56 Å². The lowest BCUT2D eigenvalue weighted by atomic mass is 9.60. The van der Waals surface area contributed by atoms with Gasteiger partial charge in [-0.05, 0) is 30.0 Å². The van der Waals surface area contributed by atoms with Gasteiger partial charge in [0.1, 0.15) is 0 Å². The highest BCUT2D eigenvalue weighted by Crippen LogP contribution is 2.54. The Kier molecular flexibility index (Phi) is 4.54. The summed E-state index contributed by atoms with van der Waals surface area (Å²) in [5.74, 6) is -1.38. The number of carbonyl (C=O) groups is 3. The number of imide groups is 2. The van der Waals surface area contributed by atoms with Crippen molar-refractivity contribution >= 4 is 29.2 Å². The molecule has 0 radical (unpaired) electrons. The van der Waals surface area contributed by atoms with Crippen LogP contribution in [0, 0.1) is 16.5 Å². The van der Waals surface area contributed by atoms with E-state index in [4.69, 9.17) is 0 Å². The molecule has 5 heterocycles. The Bertz CT molecular complexity index is 1330. The van der Waals surface area contributed by atoms with Gasteiger partial charge in [0.15, 0.2) is 11.1 Å². The van der Waals surface area contributed by atoms with Crippen molar-refractivity contribution in [3.63, 3.8) is 0 Å². The lowest BCUT2D eigenvalue weighted by Crippen LogP contribution is -2.99. The van der Waals surface area contributed by atoms with Gasteiger partial charge in [-0.15, -0.1) is 0 Å². The Labute approximate surface area is 200 Å². The molecule has 2 fully saturated rings. The van der Waals surface area contributed by atoms with E-state index in [2.05, 4.69) is 4.90 Å². The number of nitrogens with zero attached hydrogens (tertiary/aromatic N) is 4. The molecule has 1 unspecified atom stereocenters. The van der Waals surface area contributed by atoms with Gasteiger partial charge >= 0.3 is 6.03 Å². The van der Waals surface area contributed by atoms with Crippen molar-refractivity contribution in [3.05, 3.63) is 63.2 Å². The summed E-state index contributed by atoms with van der Waals surface area (Å²) in [5.41, 5.74) is 0.466. The predicted octanol–water partition coefficient (Wildman–Crippen LogP) is -0.163. The molecule has 2 bridgehead atoms. The number of anilines is 1. The Morgan fingerprint density at radius 2 is 1.74 bits per heavy atom. The number of hydrogen-bond acceptors (Lipinski definition) is 7. The van der Waals surface area contributed by atoms with E-state index in [1.807, 2.05) is 6.07 Å². The molecule has 1 aromatic carbocycles. The van der Waals surface area contributed by atoms with Gasteiger partial charge < -0.3 is 14.7 Å². The fourth-order valence-corrected chi connectivity index (χ4v) is 6.80. The summed E-state index contributed by atoms with van der Waals surface area (Å²) in [6.07, 6.45) is 0.680. The molecular formula is C24H25N5O6. The predicted molar refractivity (Wildman–Crippen MR) is 122 cm³/mol. The number of hydrogen-bond donors (Lipinski definition) is 2. The minimum Gasteiger partial charge on any atom is -0.595 e. The minimum absolute atomic E-state index is 0.0253. The van der Waals surface area contributed by atoms with E-state index < -0.39 is 34.5 Å². The molecule has 6 rings (SSSR count). The van der Waals surface area contributed by atoms with Crippen LogP contribution in [-0.4, -0.2) is 64.1 Å². The molecule has 11 nitrogen and oxygen atoms in total. The zero-order valence-corrected chi connectivity index (χ0v) is 19.3. The van der Waals surface area contributed by atoms with Gasteiger partial charge in [-0.25, -0.2) is 10.0 Å². The van der Waals surface area contributed by atoms with Gasteiger partial charge in [0.05, 0.1) is 6.04 Å². The molecule has 0 saturated carbocycles. The number of rotatable bonds is 1. The third kappa shape index (κ3) is 2.77. The number of urea groups is 1. The molecule has 11 heteroatoms. The monoisotopic (exact) mass is 479 g/mol. The first-order valence-corrected chi connectivity index (χ1v) is 11.6. The summed E-state index contributed by atoms with van der Waals surface area (Å²) >= 11 is 0. The number of carbonyl (C=O) groups excluding carboxylic acids is 3. The molecule has 4 atom stereocenters. The molecule has 35 heavy (non-hydrogen) atoms. The lowest BCUT2D eigenvalue weighted by Gasteiger charge is -2.59. The maximum Gasteiger partial charge on any atom is 0.332 e. The van der Waals surface area contributed by atoms with Crippen LogP contribution in [-0.2, 0) is 22.6 Å². The molecule has 0 aliphatic carbocycles. The molecule has 2 saturated heterocycles. The van der Waals surface area contributed by atoms with Crippen molar-refractivity contribution in [1.82, 2.24) is 14.4 Å². The van der Waals surface area contributed by atoms with Crippen LogP contribution in [0.1, 0.15) is 23.6 Å². The van der Waals surface area contributed by atoms with Gasteiger partial charge in [0, 0.05) is 69.1 Å². The van der Waals surface area contributed by atoms with Crippen molar-refractivity contribution in [2.45, 2.75) is 31.3 Å². The molecule has 2 aromatic rings. The number of amides is 4. The largest absolute Gasteiger partial charge is 0.595 e. The first-order chi connectivity index (χ1) is 16.6. The van der Waals surface area contributed by atoms with Crippen molar-refractivity contribution < 1.29 is 24.8 Å². The first kappa shape index (κ1) is 22.0. The zero-order chi connectivity index (χ0) is 24.8. The quantitative estimate of drug-likeness (QED) is 0.429. The van der Waals surface area contributed by atoms with Gasteiger partial charge in [-0.3, -0.25) is 24.2 Å². The molecular weight excluding hydrogens is 454 g/mol. The molecule has 1 aromatic heterocycles. The number of fused-ring (bicyclic) bond motifs is 9. The van der Waals surface area contributed by atoms with E-state index in [9.17, 15) is 29.6 Å².